The van der Waals surface area contributed by atoms with Crippen LogP contribution in [-0.2, 0) is 13.0 Å². The van der Waals surface area contributed by atoms with E-state index in [1.54, 1.807) is 0 Å². The molecule has 0 unspecified atom stereocenters. The number of primary amides is 1. The van der Waals surface area contributed by atoms with Crippen molar-refractivity contribution in [1.29, 1.82) is 0 Å². The lowest BCUT2D eigenvalue weighted by Crippen LogP contribution is -2.33. The highest BCUT2D eigenvalue weighted by Gasteiger charge is 2.28. The van der Waals surface area contributed by atoms with Crippen LogP contribution in [0.3, 0.4) is 0 Å². The number of rotatable bonds is 8. The average molecular weight is 476 g/mol. The maximum Gasteiger partial charge on any atom is 0.316 e. The largest absolute Gasteiger partial charge is 0.491 e. The molecule has 0 bridgehead atoms. The second kappa shape index (κ2) is 10.5. The fraction of sp³-hybridized carbons (Fsp3) is 0.429. The Bertz CT molecular complexity index is 1180. The van der Waals surface area contributed by atoms with Crippen LogP contribution in [0.4, 0.5) is 10.5 Å². The number of amides is 2. The van der Waals surface area contributed by atoms with Crippen LogP contribution in [0.2, 0.25) is 0 Å². The summed E-state index contributed by atoms with van der Waals surface area (Å²) < 4.78 is 8.34. The average Bonchev–Trinajstić information content (AvgIpc) is 3.15. The van der Waals surface area contributed by atoms with Gasteiger partial charge in [-0.15, -0.1) is 0 Å². The van der Waals surface area contributed by atoms with Crippen LogP contribution in [0.25, 0.3) is 16.9 Å². The lowest BCUT2D eigenvalue weighted by atomic mass is 9.99. The van der Waals surface area contributed by atoms with Gasteiger partial charge in [-0.25, -0.2) is 9.48 Å². The Labute approximate surface area is 208 Å². The minimum absolute atomic E-state index is 0.420. The number of aromatic nitrogens is 2. The van der Waals surface area contributed by atoms with Crippen molar-refractivity contribution in [2.75, 3.05) is 25.0 Å². The third kappa shape index (κ3) is 5.68. The Morgan fingerprint density at radius 1 is 1.11 bits per heavy atom. The predicted octanol–water partition coefficient (Wildman–Crippen LogP) is 5.39. The van der Waals surface area contributed by atoms with E-state index in [4.69, 9.17) is 15.6 Å². The summed E-state index contributed by atoms with van der Waals surface area (Å²) in [4.78, 5) is 13.8. The number of ether oxygens (including phenoxy) is 1. The van der Waals surface area contributed by atoms with Crippen molar-refractivity contribution in [3.8, 4) is 22.7 Å². The van der Waals surface area contributed by atoms with E-state index in [1.807, 2.05) is 36.4 Å². The molecule has 0 spiro atoms. The zero-order chi connectivity index (χ0) is 25.1. The van der Waals surface area contributed by atoms with Gasteiger partial charge in [-0.05, 0) is 42.5 Å². The van der Waals surface area contributed by atoms with Crippen molar-refractivity contribution in [1.82, 2.24) is 14.7 Å². The number of para-hydroxylation sites is 1. The number of nitrogens with two attached hydrogens (primary N) is 1. The van der Waals surface area contributed by atoms with Crippen molar-refractivity contribution in [2.45, 2.75) is 47.6 Å². The topological polar surface area (TPSA) is 85.4 Å². The SMILES string of the molecule is Cc1cccc(OCC(C)C)c1-n1nc2c(c1-c1ccc(NC(N)=O)cc1)CN(CC(C)C)CC2. The Hall–Kier alpha value is -3.32. The number of hydrogen-bond acceptors (Lipinski definition) is 4. The molecule has 0 saturated heterocycles. The molecule has 0 fully saturated rings. The molecule has 7 heteroatoms. The number of benzene rings is 2. The van der Waals surface area contributed by atoms with E-state index in [9.17, 15) is 4.79 Å². The third-order valence-corrected chi connectivity index (χ3v) is 6.15. The number of aryl methyl sites for hydroxylation is 1. The molecule has 2 amide bonds. The molecule has 0 atom stereocenters. The second-order valence-corrected chi connectivity index (χ2v) is 10.3. The summed E-state index contributed by atoms with van der Waals surface area (Å²) in [6.07, 6.45) is 0.914. The van der Waals surface area contributed by atoms with Crippen LogP contribution in [0.15, 0.2) is 42.5 Å². The first-order valence-corrected chi connectivity index (χ1v) is 12.5. The van der Waals surface area contributed by atoms with Gasteiger partial charge in [-0.2, -0.15) is 5.10 Å². The fourth-order valence-electron chi connectivity index (χ4n) is 4.69. The zero-order valence-electron chi connectivity index (χ0n) is 21.5. The van der Waals surface area contributed by atoms with Gasteiger partial charge in [0, 0.05) is 42.9 Å². The number of fused-ring (bicyclic) bond motifs is 1. The molecular weight excluding hydrogens is 438 g/mol. The summed E-state index contributed by atoms with van der Waals surface area (Å²) >= 11 is 0. The highest BCUT2D eigenvalue weighted by atomic mass is 16.5. The van der Waals surface area contributed by atoms with Crippen LogP contribution in [-0.4, -0.2) is 40.4 Å². The van der Waals surface area contributed by atoms with E-state index >= 15 is 0 Å². The summed E-state index contributed by atoms with van der Waals surface area (Å²) in [5.41, 5.74) is 12.6. The molecule has 2 heterocycles. The number of nitrogens with zero attached hydrogens (tertiary/aromatic N) is 3. The van der Waals surface area contributed by atoms with Gasteiger partial charge in [0.25, 0.3) is 0 Å². The van der Waals surface area contributed by atoms with Gasteiger partial charge in [-0.3, -0.25) is 4.90 Å². The summed E-state index contributed by atoms with van der Waals surface area (Å²) in [6, 6.07) is 13.4. The summed E-state index contributed by atoms with van der Waals surface area (Å²) in [5, 5.41) is 7.80. The molecule has 0 aliphatic carbocycles. The van der Waals surface area contributed by atoms with Crippen LogP contribution in [0, 0.1) is 18.8 Å². The van der Waals surface area contributed by atoms with Gasteiger partial charge in [0.05, 0.1) is 18.0 Å². The molecular formula is C28H37N5O2. The Morgan fingerprint density at radius 2 is 1.86 bits per heavy atom. The number of urea groups is 1. The van der Waals surface area contributed by atoms with Crippen molar-refractivity contribution in [3.63, 3.8) is 0 Å². The Morgan fingerprint density at radius 3 is 2.51 bits per heavy atom. The van der Waals surface area contributed by atoms with Crippen molar-refractivity contribution in [3.05, 3.63) is 59.3 Å². The second-order valence-electron chi connectivity index (χ2n) is 10.3. The molecule has 2 aromatic carbocycles. The molecule has 1 aromatic heterocycles. The molecule has 3 aromatic rings. The third-order valence-electron chi connectivity index (χ3n) is 6.15. The number of carbonyl (C=O) groups is 1. The smallest absolute Gasteiger partial charge is 0.316 e. The van der Waals surface area contributed by atoms with E-state index in [0.29, 0.717) is 24.1 Å². The van der Waals surface area contributed by atoms with Gasteiger partial charge in [0.15, 0.2) is 0 Å². The lowest BCUT2D eigenvalue weighted by Gasteiger charge is -2.28. The van der Waals surface area contributed by atoms with Crippen LogP contribution in [0.1, 0.15) is 44.5 Å². The van der Waals surface area contributed by atoms with E-state index in [1.165, 1.54) is 5.56 Å². The molecule has 1 aliphatic heterocycles. The molecule has 1 aliphatic rings. The quantitative estimate of drug-likeness (QED) is 0.458. The minimum atomic E-state index is -0.573. The summed E-state index contributed by atoms with van der Waals surface area (Å²) in [5.74, 6) is 1.86. The summed E-state index contributed by atoms with van der Waals surface area (Å²) in [7, 11) is 0. The first-order chi connectivity index (χ1) is 16.7. The zero-order valence-corrected chi connectivity index (χ0v) is 21.5. The van der Waals surface area contributed by atoms with Gasteiger partial charge in [0.2, 0.25) is 0 Å². The van der Waals surface area contributed by atoms with Crippen molar-refractivity contribution in [2.24, 2.45) is 17.6 Å². The molecule has 0 saturated carbocycles. The fourth-order valence-corrected chi connectivity index (χ4v) is 4.69. The monoisotopic (exact) mass is 475 g/mol. The van der Waals surface area contributed by atoms with Gasteiger partial charge < -0.3 is 15.8 Å². The highest BCUT2D eigenvalue weighted by molar-refractivity contribution is 5.88. The Kier molecular flexibility index (Phi) is 7.45. The predicted molar refractivity (Wildman–Crippen MR) is 141 cm³/mol. The van der Waals surface area contributed by atoms with E-state index in [-0.39, 0.29) is 0 Å². The van der Waals surface area contributed by atoms with E-state index in [0.717, 1.165) is 60.0 Å². The molecule has 186 valence electrons. The van der Waals surface area contributed by atoms with Gasteiger partial charge in [0.1, 0.15) is 11.4 Å². The van der Waals surface area contributed by atoms with Crippen LogP contribution < -0.4 is 15.8 Å². The number of hydrogen-bond donors (Lipinski definition) is 2. The van der Waals surface area contributed by atoms with E-state index in [2.05, 4.69) is 55.6 Å². The standard InChI is InChI=1S/C28H37N5O2/c1-18(2)15-32-14-13-24-23(16-32)27(21-9-11-22(12-10-21)30-28(29)34)33(31-24)26-20(5)7-6-8-25(26)35-17-19(3)4/h6-12,18-19H,13-17H2,1-5H3,(H3,29,30,34). The normalized spacial score (nSPS) is 13.8. The maximum absolute atomic E-state index is 11.3. The number of anilines is 1. The van der Waals surface area contributed by atoms with Crippen molar-refractivity contribution < 1.29 is 9.53 Å². The molecule has 3 N–H and O–H groups in total. The highest BCUT2D eigenvalue weighted by Crippen LogP contribution is 2.37. The molecule has 4 rings (SSSR count). The Balaban J connectivity index is 1.85. The molecule has 0 radical (unpaired) electrons. The number of nitrogens with one attached hydrogen (secondary N) is 1. The lowest BCUT2D eigenvalue weighted by molar-refractivity contribution is 0.226. The molecule has 35 heavy (non-hydrogen) atoms. The van der Waals surface area contributed by atoms with Gasteiger partial charge >= 0.3 is 6.03 Å². The van der Waals surface area contributed by atoms with Gasteiger partial charge in [-0.1, -0.05) is 52.0 Å². The first-order valence-electron chi connectivity index (χ1n) is 12.5. The van der Waals surface area contributed by atoms with Crippen LogP contribution in [0.5, 0.6) is 5.75 Å². The molecule has 7 nitrogen and oxygen atoms in total. The van der Waals surface area contributed by atoms with Crippen LogP contribution >= 0.6 is 0 Å². The maximum atomic E-state index is 11.3. The first kappa shape index (κ1) is 24.8. The van der Waals surface area contributed by atoms with E-state index < -0.39 is 6.03 Å². The number of carbonyl (C=O) groups excluding carboxylic acids is 1. The summed E-state index contributed by atoms with van der Waals surface area (Å²) in [6.45, 7) is 14.5. The van der Waals surface area contributed by atoms with Crippen molar-refractivity contribution >= 4 is 11.7 Å². The minimum Gasteiger partial charge on any atom is -0.491 e.